The van der Waals surface area contributed by atoms with E-state index in [4.69, 9.17) is 9.47 Å². The Balaban J connectivity index is 1.34. The van der Waals surface area contributed by atoms with E-state index < -0.39 is 65.4 Å². The van der Waals surface area contributed by atoms with Gasteiger partial charge in [-0.15, -0.1) is 0 Å². The number of hydrogen-bond donors (Lipinski definition) is 1. The Morgan fingerprint density at radius 2 is 1.05 bits per heavy atom. The van der Waals surface area contributed by atoms with E-state index in [1.807, 2.05) is 36.4 Å². The number of Topliss-reactive ketones (excluding diaryl/α,β-unsaturated/α-hetero) is 1. The molecule has 14 nitrogen and oxygen atoms in total. The Labute approximate surface area is 362 Å². The van der Waals surface area contributed by atoms with E-state index in [0.717, 1.165) is 0 Å². The molecule has 2 amide bonds. The van der Waals surface area contributed by atoms with Gasteiger partial charge in [-0.3, -0.25) is 10.1 Å². The number of ketones is 1. The summed E-state index contributed by atoms with van der Waals surface area (Å²) in [5.74, 6) is -1.73. The van der Waals surface area contributed by atoms with E-state index >= 15 is 4.79 Å². The Hall–Kier alpha value is -7.57. The number of nitrogens with zero attached hydrogens (tertiary/aromatic N) is 3. The van der Waals surface area contributed by atoms with Gasteiger partial charge in [0.25, 0.3) is 0 Å². The molecule has 0 aliphatic carbocycles. The third-order valence-corrected chi connectivity index (χ3v) is 17.8. The number of nitrogens with one attached hydrogen (secondary N) is 1. The van der Waals surface area contributed by atoms with E-state index in [2.05, 4.69) is 5.32 Å². The van der Waals surface area contributed by atoms with Gasteiger partial charge < -0.3 is 0 Å². The maximum absolute atomic E-state index is 15.9. The number of carbonyl (C=O) groups is 4. The maximum atomic E-state index is 15.9. The normalized spacial score (nSPS) is 15.7. The van der Waals surface area contributed by atoms with Crippen molar-refractivity contribution in [2.45, 2.75) is 38.6 Å². The van der Waals surface area contributed by atoms with Gasteiger partial charge in [-0.2, -0.15) is 0 Å². The molecule has 15 heteroatoms. The van der Waals surface area contributed by atoms with Crippen molar-refractivity contribution in [3.8, 4) is 0 Å². The summed E-state index contributed by atoms with van der Waals surface area (Å²) in [6.07, 6.45) is -1.39. The summed E-state index contributed by atoms with van der Waals surface area (Å²) in [6, 6.07) is 45.6. The molecular weight excluding hydrogens is 824 g/mol. The van der Waals surface area contributed by atoms with Gasteiger partial charge in [-0.05, 0) is 0 Å². The van der Waals surface area contributed by atoms with Crippen LogP contribution in [0.15, 0.2) is 170 Å². The van der Waals surface area contributed by atoms with Crippen LogP contribution in [0.1, 0.15) is 34.8 Å². The van der Waals surface area contributed by atoms with Gasteiger partial charge in [0.15, 0.2) is 0 Å². The summed E-state index contributed by atoms with van der Waals surface area (Å²) in [7, 11) is 0. The Kier molecular flexibility index (Phi) is 12.8. The minimum absolute atomic E-state index is 0.168. The van der Waals surface area contributed by atoms with Crippen LogP contribution in [-0.4, -0.2) is 56.6 Å². The first-order valence-electron chi connectivity index (χ1n) is 20.1. The number of ether oxygens (including phenoxy) is 2. The van der Waals surface area contributed by atoms with Gasteiger partial charge in [-0.25, -0.2) is 0 Å². The average molecular weight is 867 g/mol. The monoisotopic (exact) mass is 866 g/mol. The summed E-state index contributed by atoms with van der Waals surface area (Å²) in [6.45, 7) is -4.10. The standard InChI is InChI=1S/C48H43N4O10P/c1-34(49-47(55)61-31-36-20-14-16-28-41(36)51(57)58)45-43(30-44(53)35-18-6-2-7-19-35)50(46(45)54)33-63(38-22-8-3-9-23-38,39-24-10-4-11-25-39,40-26-12-5-13-27-40)48(56)62-32-37-21-15-17-29-42(37)52(59)60/h2-29,34,43,45H,30-33H2,1H3,(H,49,55). The Bertz CT molecular complexity index is 2550. The Morgan fingerprint density at radius 3 is 1.51 bits per heavy atom. The molecule has 3 unspecified atom stereocenters. The number of benzene rings is 6. The molecule has 0 aromatic heterocycles. The van der Waals surface area contributed by atoms with Crippen LogP contribution in [0.25, 0.3) is 0 Å². The van der Waals surface area contributed by atoms with E-state index in [1.165, 1.54) is 41.3 Å². The van der Waals surface area contributed by atoms with Crippen LogP contribution >= 0.6 is 6.60 Å². The summed E-state index contributed by atoms with van der Waals surface area (Å²) in [4.78, 5) is 82.4. The molecule has 0 saturated carbocycles. The molecule has 7 rings (SSSR count). The molecule has 63 heavy (non-hydrogen) atoms. The number of carbonyl (C=O) groups excluding carboxylic acids is 4. The Morgan fingerprint density at radius 1 is 0.635 bits per heavy atom. The number of amides is 2. The fourth-order valence-corrected chi connectivity index (χ4v) is 14.5. The zero-order chi connectivity index (χ0) is 44.6. The SMILES string of the molecule is CC(NC(=O)OCc1ccccc1[N+](=O)[O-])C1C(=O)N(CP(C(=O)OCc2ccccc2[N+](=O)[O-])(c2ccccc2)(c2ccccc2)c2ccccc2)C1CC(=O)c1ccccc1. The number of nitro benzene ring substituents is 2. The van der Waals surface area contributed by atoms with Crippen molar-refractivity contribution < 1.29 is 38.5 Å². The molecule has 1 saturated heterocycles. The molecule has 1 fully saturated rings. The molecule has 6 aromatic carbocycles. The van der Waals surface area contributed by atoms with Crippen LogP contribution in [0.4, 0.5) is 21.0 Å². The van der Waals surface area contributed by atoms with Crippen LogP contribution < -0.4 is 21.2 Å². The predicted molar refractivity (Wildman–Crippen MR) is 239 cm³/mol. The van der Waals surface area contributed by atoms with E-state index in [1.54, 1.807) is 104 Å². The van der Waals surface area contributed by atoms with Crippen molar-refractivity contribution in [3.05, 3.63) is 207 Å². The van der Waals surface area contributed by atoms with E-state index in [9.17, 15) is 34.6 Å². The van der Waals surface area contributed by atoms with Gasteiger partial charge in [0.05, 0.1) is 0 Å². The van der Waals surface area contributed by atoms with Crippen LogP contribution in [0.2, 0.25) is 0 Å². The first kappa shape index (κ1) is 43.5. The number of β-lactam (4-membered cyclic amide) rings is 1. The number of para-hydroxylation sites is 2. The number of likely N-dealkylation sites (tertiary alicyclic amines) is 1. The fourth-order valence-electron chi connectivity index (χ4n) is 8.53. The summed E-state index contributed by atoms with van der Waals surface area (Å²) < 4.78 is 11.7. The molecule has 1 aliphatic rings. The van der Waals surface area contributed by atoms with Gasteiger partial charge in [0.1, 0.15) is 0 Å². The van der Waals surface area contributed by atoms with Crippen molar-refractivity contribution in [1.82, 2.24) is 10.2 Å². The quantitative estimate of drug-likeness (QED) is 0.0309. The van der Waals surface area contributed by atoms with Gasteiger partial charge >= 0.3 is 348 Å². The third kappa shape index (κ3) is 8.28. The third-order valence-electron chi connectivity index (χ3n) is 11.7. The zero-order valence-corrected chi connectivity index (χ0v) is 35.0. The first-order chi connectivity index (χ1) is 30.5. The average Bonchev–Trinajstić information content (AvgIpc) is 3.31. The number of alkyl carbamates (subject to hydrolysis) is 1. The van der Waals surface area contributed by atoms with Gasteiger partial charge in [-0.1, -0.05) is 6.07 Å². The molecule has 1 heterocycles. The molecular formula is C48H43N4O10P. The number of rotatable bonds is 17. The van der Waals surface area contributed by atoms with Crippen LogP contribution in [-0.2, 0) is 27.5 Å². The number of nitro groups is 2. The van der Waals surface area contributed by atoms with Crippen molar-refractivity contribution in [3.63, 3.8) is 0 Å². The second-order valence-electron chi connectivity index (χ2n) is 15.2. The van der Waals surface area contributed by atoms with E-state index in [-0.39, 0.29) is 41.0 Å². The van der Waals surface area contributed by atoms with Crippen molar-refractivity contribution in [2.24, 2.45) is 5.92 Å². The van der Waals surface area contributed by atoms with Gasteiger partial charge in [0.2, 0.25) is 0 Å². The summed E-state index contributed by atoms with van der Waals surface area (Å²) in [5.41, 5.74) is -0.425. The molecule has 0 radical (unpaired) electrons. The zero-order valence-electron chi connectivity index (χ0n) is 34.1. The second-order valence-corrected chi connectivity index (χ2v) is 20.0. The number of hydrogen-bond acceptors (Lipinski definition) is 10. The minimum atomic E-state index is -4.84. The van der Waals surface area contributed by atoms with Crippen molar-refractivity contribution >= 4 is 57.4 Å². The van der Waals surface area contributed by atoms with Crippen LogP contribution in [0, 0.1) is 26.1 Å². The molecule has 0 bridgehead atoms. The molecule has 1 N–H and O–H groups in total. The molecule has 0 spiro atoms. The summed E-state index contributed by atoms with van der Waals surface area (Å²) in [5, 5.41) is 28.0. The predicted octanol–water partition coefficient (Wildman–Crippen LogP) is 8.04. The van der Waals surface area contributed by atoms with Gasteiger partial charge in [0, 0.05) is 0 Å². The van der Waals surface area contributed by atoms with Crippen LogP contribution in [0.5, 0.6) is 0 Å². The van der Waals surface area contributed by atoms with Crippen molar-refractivity contribution in [1.29, 1.82) is 0 Å². The second kappa shape index (κ2) is 18.6. The topological polar surface area (TPSA) is 188 Å². The van der Waals surface area contributed by atoms with Crippen molar-refractivity contribution in [2.75, 3.05) is 6.29 Å². The van der Waals surface area contributed by atoms with Crippen LogP contribution in [0.3, 0.4) is 0 Å². The summed E-state index contributed by atoms with van der Waals surface area (Å²) >= 11 is 0. The molecule has 1 aliphatic heterocycles. The first-order valence-corrected chi connectivity index (χ1v) is 22.5. The van der Waals surface area contributed by atoms with E-state index in [0.29, 0.717) is 21.5 Å². The molecule has 6 aromatic rings. The fraction of sp³-hybridized carbons (Fsp3) is 0.167. The molecule has 3 atom stereocenters. The molecule has 320 valence electrons.